The molecular formula is C38H47N5O6. The molecule has 0 saturated heterocycles. The van der Waals surface area contributed by atoms with Crippen LogP contribution < -0.4 is 14.5 Å². The first kappa shape index (κ1) is 35.4. The molecule has 0 bridgehead atoms. The molecule has 0 N–H and O–H groups in total. The molecule has 2 aromatic carbocycles. The predicted octanol–water partition coefficient (Wildman–Crippen LogP) is 4.87. The smallest absolute Gasteiger partial charge is 0.242 e. The summed E-state index contributed by atoms with van der Waals surface area (Å²) in [6.45, 7) is 8.88. The number of pyridine rings is 1. The van der Waals surface area contributed by atoms with Crippen LogP contribution in [0, 0.1) is 11.3 Å². The molecule has 260 valence electrons. The number of fused-ring (bicyclic) bond motifs is 1. The Kier molecular flexibility index (Phi) is 11.6. The molecule has 0 spiro atoms. The molecule has 5 rings (SSSR count). The van der Waals surface area contributed by atoms with Gasteiger partial charge in [0, 0.05) is 65.3 Å². The first-order valence-electron chi connectivity index (χ1n) is 16.8. The van der Waals surface area contributed by atoms with E-state index in [1.165, 1.54) is 0 Å². The molecule has 11 nitrogen and oxygen atoms in total. The van der Waals surface area contributed by atoms with Crippen LogP contribution in [0.25, 0.3) is 0 Å². The van der Waals surface area contributed by atoms with E-state index in [1.807, 2.05) is 74.6 Å². The molecule has 3 heterocycles. The third-order valence-corrected chi connectivity index (χ3v) is 9.12. The number of benzene rings is 2. The largest absolute Gasteiger partial charge is 0.493 e. The van der Waals surface area contributed by atoms with Crippen molar-refractivity contribution < 1.29 is 28.6 Å². The first-order chi connectivity index (χ1) is 23.6. The summed E-state index contributed by atoms with van der Waals surface area (Å²) in [4.78, 5) is 51.6. The highest BCUT2D eigenvalue weighted by atomic mass is 16.7. The number of likely N-dealkylation sites (N-methyl/N-ethyl adjacent to an activating group) is 1. The van der Waals surface area contributed by atoms with E-state index in [0.717, 1.165) is 24.1 Å². The van der Waals surface area contributed by atoms with Crippen molar-refractivity contribution >= 4 is 29.1 Å². The average Bonchev–Trinajstić information content (AvgIpc) is 3.65. The number of hydrogen-bond acceptors (Lipinski definition) is 8. The molecule has 11 heteroatoms. The van der Waals surface area contributed by atoms with Gasteiger partial charge in [-0.1, -0.05) is 30.3 Å². The Morgan fingerprint density at radius 2 is 1.73 bits per heavy atom. The van der Waals surface area contributed by atoms with Gasteiger partial charge in [-0.05, 0) is 69.0 Å². The molecule has 0 aliphatic carbocycles. The van der Waals surface area contributed by atoms with Crippen LogP contribution in [-0.4, -0.2) is 86.2 Å². The summed E-state index contributed by atoms with van der Waals surface area (Å²) in [5.74, 6) is 0.217. The van der Waals surface area contributed by atoms with Gasteiger partial charge in [-0.15, -0.1) is 0 Å². The molecule has 3 amide bonds. The van der Waals surface area contributed by atoms with Gasteiger partial charge < -0.3 is 28.9 Å². The van der Waals surface area contributed by atoms with Gasteiger partial charge in [0.2, 0.25) is 24.5 Å². The lowest BCUT2D eigenvalue weighted by atomic mass is 9.90. The topological polar surface area (TPSA) is 105 Å². The number of hydrogen-bond donors (Lipinski definition) is 0. The highest BCUT2D eigenvalue weighted by Gasteiger charge is 2.45. The second-order valence-corrected chi connectivity index (χ2v) is 13.0. The minimum atomic E-state index is -1.17. The van der Waals surface area contributed by atoms with Crippen molar-refractivity contribution in [2.45, 2.75) is 40.2 Å². The van der Waals surface area contributed by atoms with E-state index in [0.29, 0.717) is 62.1 Å². The third kappa shape index (κ3) is 8.40. The number of amides is 3. The summed E-state index contributed by atoms with van der Waals surface area (Å²) in [5, 5.41) is 0. The lowest BCUT2D eigenvalue weighted by Gasteiger charge is -2.28. The number of anilines is 2. The Morgan fingerprint density at radius 1 is 0.980 bits per heavy atom. The van der Waals surface area contributed by atoms with E-state index < -0.39 is 11.3 Å². The maximum Gasteiger partial charge on any atom is 0.242 e. The Bertz CT molecular complexity index is 1630. The van der Waals surface area contributed by atoms with E-state index in [4.69, 9.17) is 14.2 Å². The van der Waals surface area contributed by atoms with Crippen LogP contribution in [-0.2, 0) is 36.8 Å². The van der Waals surface area contributed by atoms with Crippen molar-refractivity contribution in [2.75, 3.05) is 63.5 Å². The first-order valence-corrected chi connectivity index (χ1v) is 16.8. The van der Waals surface area contributed by atoms with Gasteiger partial charge >= 0.3 is 0 Å². The SMILES string of the molecule is CCN1C(=O)C(C)(C)C(=O)N(C)c2cc(OCCCN(CCN(C)C(=O)C(Cc3ccccc3)C3=COCO3)Cc3ccncc3)ccc21. The van der Waals surface area contributed by atoms with Crippen LogP contribution in [0.4, 0.5) is 11.4 Å². The van der Waals surface area contributed by atoms with Crippen molar-refractivity contribution in [2.24, 2.45) is 11.3 Å². The van der Waals surface area contributed by atoms with Gasteiger partial charge in [-0.2, -0.15) is 0 Å². The second-order valence-electron chi connectivity index (χ2n) is 13.0. The summed E-state index contributed by atoms with van der Waals surface area (Å²) in [5.41, 5.74) is 2.35. The summed E-state index contributed by atoms with van der Waals surface area (Å²) in [7, 11) is 3.53. The number of carbonyl (C=O) groups is 3. The number of ether oxygens (including phenoxy) is 3. The van der Waals surface area contributed by atoms with Crippen molar-refractivity contribution in [3.8, 4) is 5.75 Å². The zero-order valence-corrected chi connectivity index (χ0v) is 29.1. The van der Waals surface area contributed by atoms with Gasteiger partial charge in [0.15, 0.2) is 0 Å². The lowest BCUT2D eigenvalue weighted by molar-refractivity contribution is -0.137. The summed E-state index contributed by atoms with van der Waals surface area (Å²) in [6.07, 6.45) is 6.37. The summed E-state index contributed by atoms with van der Waals surface area (Å²) >= 11 is 0. The molecule has 49 heavy (non-hydrogen) atoms. The molecule has 1 aromatic heterocycles. The van der Waals surface area contributed by atoms with Crippen LogP contribution in [0.15, 0.2) is 85.1 Å². The highest BCUT2D eigenvalue weighted by molar-refractivity contribution is 6.20. The minimum absolute atomic E-state index is 0.0221. The number of rotatable bonds is 15. The van der Waals surface area contributed by atoms with Crippen molar-refractivity contribution in [1.29, 1.82) is 0 Å². The number of nitrogens with zero attached hydrogens (tertiary/aromatic N) is 5. The van der Waals surface area contributed by atoms with Crippen LogP contribution >= 0.6 is 0 Å². The molecule has 0 fully saturated rings. The van der Waals surface area contributed by atoms with Crippen molar-refractivity contribution in [3.63, 3.8) is 0 Å². The van der Waals surface area contributed by atoms with Crippen LogP contribution in [0.5, 0.6) is 5.75 Å². The lowest BCUT2D eigenvalue weighted by Crippen LogP contribution is -2.47. The van der Waals surface area contributed by atoms with Crippen molar-refractivity contribution in [1.82, 2.24) is 14.8 Å². The van der Waals surface area contributed by atoms with Crippen LogP contribution in [0.1, 0.15) is 38.3 Å². The minimum Gasteiger partial charge on any atom is -0.493 e. The standard InChI is InChI=1S/C38H47N5O6/c1-6-43-32-14-13-30(24-33(32)41(5)36(45)38(2,3)37(43)46)48-22-10-19-42(25-29-15-17-39-18-16-29)21-20-40(4)35(44)31(34-26-47-27-49-34)23-28-11-8-7-9-12-28/h7-9,11-18,24,26,31H,6,10,19-23,25,27H2,1-5H3. The summed E-state index contributed by atoms with van der Waals surface area (Å²) in [6, 6.07) is 19.5. The number of aromatic nitrogens is 1. The maximum absolute atomic E-state index is 13.7. The van der Waals surface area contributed by atoms with E-state index in [2.05, 4.69) is 9.88 Å². The van der Waals surface area contributed by atoms with E-state index in [9.17, 15) is 14.4 Å². The molecular weight excluding hydrogens is 622 g/mol. The zero-order valence-electron chi connectivity index (χ0n) is 29.1. The molecule has 0 saturated carbocycles. The van der Waals surface area contributed by atoms with Crippen molar-refractivity contribution in [3.05, 3.63) is 96.2 Å². The quantitative estimate of drug-likeness (QED) is 0.167. The van der Waals surface area contributed by atoms with Gasteiger partial charge in [-0.25, -0.2) is 0 Å². The second kappa shape index (κ2) is 16.0. The molecule has 1 unspecified atom stereocenters. The average molecular weight is 670 g/mol. The fourth-order valence-electron chi connectivity index (χ4n) is 6.23. The molecule has 0 radical (unpaired) electrons. The molecule has 3 aromatic rings. The Labute approximate surface area is 289 Å². The molecule has 2 aliphatic heterocycles. The normalized spacial score (nSPS) is 16.0. The summed E-state index contributed by atoms with van der Waals surface area (Å²) < 4.78 is 17.2. The Balaban J connectivity index is 1.21. The maximum atomic E-state index is 13.7. The fraction of sp³-hybridized carbons (Fsp3) is 0.421. The predicted molar refractivity (Wildman–Crippen MR) is 188 cm³/mol. The number of carbonyl (C=O) groups excluding carboxylic acids is 3. The van der Waals surface area contributed by atoms with Gasteiger partial charge in [-0.3, -0.25) is 24.3 Å². The Morgan fingerprint density at radius 3 is 2.43 bits per heavy atom. The van der Waals surface area contributed by atoms with Gasteiger partial charge in [0.05, 0.1) is 18.0 Å². The fourth-order valence-corrected chi connectivity index (χ4v) is 6.23. The molecule has 1 atom stereocenters. The van der Waals surface area contributed by atoms with E-state index >= 15 is 0 Å². The highest BCUT2D eigenvalue weighted by Crippen LogP contribution is 2.40. The molecule has 2 aliphatic rings. The van der Waals surface area contributed by atoms with Gasteiger partial charge in [0.1, 0.15) is 29.1 Å². The van der Waals surface area contributed by atoms with Crippen LogP contribution in [0.3, 0.4) is 0 Å². The van der Waals surface area contributed by atoms with E-state index in [1.54, 1.807) is 54.3 Å². The Hall–Kier alpha value is -4.90. The zero-order chi connectivity index (χ0) is 35.0. The van der Waals surface area contributed by atoms with Crippen LogP contribution in [0.2, 0.25) is 0 Å². The van der Waals surface area contributed by atoms with E-state index in [-0.39, 0.29) is 24.5 Å². The third-order valence-electron chi connectivity index (χ3n) is 9.12. The van der Waals surface area contributed by atoms with Gasteiger partial charge in [0.25, 0.3) is 0 Å². The monoisotopic (exact) mass is 669 g/mol.